The van der Waals surface area contributed by atoms with Gasteiger partial charge in [-0.1, -0.05) is 42.5 Å². The summed E-state index contributed by atoms with van der Waals surface area (Å²) in [5.74, 6) is 0. The van der Waals surface area contributed by atoms with Crippen LogP contribution in [0.15, 0.2) is 54.6 Å². The van der Waals surface area contributed by atoms with Gasteiger partial charge in [0.15, 0.2) is 0 Å². The number of rotatable bonds is 7. The van der Waals surface area contributed by atoms with Crippen molar-refractivity contribution in [2.75, 3.05) is 13.1 Å². The highest BCUT2D eigenvalue weighted by atomic mass is 16.6. The number of benzene rings is 2. The number of hydrogen-bond acceptors (Lipinski definition) is 5. The normalized spacial score (nSPS) is 12.3. The first kappa shape index (κ1) is 21.4. The van der Waals surface area contributed by atoms with Crippen LogP contribution in [0.3, 0.4) is 0 Å². The minimum atomic E-state index is -0.842. The van der Waals surface area contributed by atoms with Crippen LogP contribution < -0.4 is 0 Å². The molecule has 28 heavy (non-hydrogen) atoms. The van der Waals surface area contributed by atoms with E-state index in [0.717, 1.165) is 5.56 Å². The summed E-state index contributed by atoms with van der Waals surface area (Å²) in [6.45, 7) is 5.76. The predicted molar refractivity (Wildman–Crippen MR) is 106 cm³/mol. The molecule has 2 rings (SSSR count). The van der Waals surface area contributed by atoms with Crippen molar-refractivity contribution >= 4 is 11.8 Å². The molecule has 0 heterocycles. The van der Waals surface area contributed by atoms with Crippen molar-refractivity contribution < 1.29 is 19.6 Å². The van der Waals surface area contributed by atoms with E-state index < -0.39 is 22.7 Å². The molecule has 0 bridgehead atoms. The fourth-order valence-electron chi connectivity index (χ4n) is 2.62. The van der Waals surface area contributed by atoms with E-state index in [9.17, 15) is 20.0 Å². The number of amides is 1. The lowest BCUT2D eigenvalue weighted by Gasteiger charge is -2.29. The number of carbonyl (C=O) groups is 1. The smallest absolute Gasteiger partial charge is 0.410 e. The van der Waals surface area contributed by atoms with E-state index in [4.69, 9.17) is 4.74 Å². The number of non-ortho nitro benzene ring substituents is 1. The second kappa shape index (κ2) is 9.32. The highest BCUT2D eigenvalue weighted by molar-refractivity contribution is 5.68. The minimum Gasteiger partial charge on any atom is -0.444 e. The summed E-state index contributed by atoms with van der Waals surface area (Å²) in [4.78, 5) is 24.4. The van der Waals surface area contributed by atoms with E-state index in [-0.39, 0.29) is 12.2 Å². The van der Waals surface area contributed by atoms with Crippen molar-refractivity contribution in [2.24, 2.45) is 0 Å². The molecule has 1 unspecified atom stereocenters. The number of carbonyl (C=O) groups excluding carboxylic acids is 1. The van der Waals surface area contributed by atoms with E-state index >= 15 is 0 Å². The summed E-state index contributed by atoms with van der Waals surface area (Å²) in [6, 6.07) is 15.3. The molecule has 2 aromatic rings. The van der Waals surface area contributed by atoms with Crippen molar-refractivity contribution in [3.05, 3.63) is 75.8 Å². The quantitative estimate of drug-likeness (QED) is 0.571. The maximum atomic E-state index is 12.6. The summed E-state index contributed by atoms with van der Waals surface area (Å²) in [6.07, 6.45) is -0.867. The van der Waals surface area contributed by atoms with Crippen LogP contribution in [-0.4, -0.2) is 39.7 Å². The van der Waals surface area contributed by atoms with Crippen molar-refractivity contribution in [3.63, 3.8) is 0 Å². The summed E-state index contributed by atoms with van der Waals surface area (Å²) >= 11 is 0. The maximum Gasteiger partial charge on any atom is 0.410 e. The first-order chi connectivity index (χ1) is 13.2. The third kappa shape index (κ3) is 6.66. The van der Waals surface area contributed by atoms with Gasteiger partial charge in [0.1, 0.15) is 5.60 Å². The highest BCUT2D eigenvalue weighted by Crippen LogP contribution is 2.18. The monoisotopic (exact) mass is 386 g/mol. The maximum absolute atomic E-state index is 12.6. The molecule has 0 aliphatic rings. The van der Waals surface area contributed by atoms with Gasteiger partial charge in [0.2, 0.25) is 0 Å². The van der Waals surface area contributed by atoms with Crippen LogP contribution in [0.25, 0.3) is 0 Å². The number of hydrogen-bond donors (Lipinski definition) is 1. The van der Waals surface area contributed by atoms with Crippen LogP contribution in [-0.2, 0) is 11.2 Å². The topological polar surface area (TPSA) is 92.9 Å². The molecule has 1 amide bonds. The molecule has 0 aliphatic carbocycles. The van der Waals surface area contributed by atoms with Crippen LogP contribution in [0.2, 0.25) is 0 Å². The number of ether oxygens (including phenoxy) is 1. The Labute approximate surface area is 164 Å². The fourth-order valence-corrected chi connectivity index (χ4v) is 2.62. The van der Waals surface area contributed by atoms with Gasteiger partial charge in [0.05, 0.1) is 17.6 Å². The molecular formula is C21H26N2O5. The van der Waals surface area contributed by atoms with Gasteiger partial charge in [-0.3, -0.25) is 10.1 Å². The summed E-state index contributed by atoms with van der Waals surface area (Å²) in [5.41, 5.74) is 0.937. The Kier molecular flexibility index (Phi) is 7.12. The van der Waals surface area contributed by atoms with E-state index in [1.165, 1.54) is 17.0 Å². The Balaban J connectivity index is 2.08. The molecule has 0 spiro atoms. The third-order valence-electron chi connectivity index (χ3n) is 4.05. The van der Waals surface area contributed by atoms with Gasteiger partial charge in [-0.2, -0.15) is 0 Å². The van der Waals surface area contributed by atoms with Gasteiger partial charge in [-0.05, 0) is 38.3 Å². The van der Waals surface area contributed by atoms with Crippen LogP contribution in [0.1, 0.15) is 38.0 Å². The Morgan fingerprint density at radius 3 is 2.29 bits per heavy atom. The molecule has 0 saturated heterocycles. The second-order valence-corrected chi connectivity index (χ2v) is 7.53. The molecule has 0 fully saturated rings. The van der Waals surface area contributed by atoms with Crippen LogP contribution >= 0.6 is 0 Å². The minimum absolute atomic E-state index is 0.0206. The van der Waals surface area contributed by atoms with Gasteiger partial charge in [-0.25, -0.2) is 4.79 Å². The zero-order valence-electron chi connectivity index (χ0n) is 16.4. The van der Waals surface area contributed by atoms with Gasteiger partial charge < -0.3 is 14.7 Å². The zero-order chi connectivity index (χ0) is 20.7. The fraction of sp³-hybridized carbons (Fsp3) is 0.381. The number of nitro groups is 1. The Hall–Kier alpha value is -2.93. The molecular weight excluding hydrogens is 360 g/mol. The molecule has 0 radical (unpaired) electrons. The summed E-state index contributed by atoms with van der Waals surface area (Å²) in [7, 11) is 0. The van der Waals surface area contributed by atoms with Crippen molar-refractivity contribution in [1.29, 1.82) is 0 Å². The average Bonchev–Trinajstić information content (AvgIpc) is 2.64. The van der Waals surface area contributed by atoms with Crippen molar-refractivity contribution in [1.82, 2.24) is 4.90 Å². The van der Waals surface area contributed by atoms with Crippen LogP contribution in [0, 0.1) is 10.1 Å². The average molecular weight is 386 g/mol. The lowest BCUT2D eigenvalue weighted by atomic mass is 10.1. The largest absolute Gasteiger partial charge is 0.444 e. The van der Waals surface area contributed by atoms with Gasteiger partial charge in [-0.15, -0.1) is 0 Å². The second-order valence-electron chi connectivity index (χ2n) is 7.53. The number of aliphatic hydroxyl groups excluding tert-OH is 1. The molecule has 7 heteroatoms. The summed E-state index contributed by atoms with van der Waals surface area (Å²) in [5, 5.41) is 21.3. The van der Waals surface area contributed by atoms with Gasteiger partial charge in [0.25, 0.3) is 5.69 Å². The molecule has 0 aromatic heterocycles. The Morgan fingerprint density at radius 2 is 1.75 bits per heavy atom. The predicted octanol–water partition coefficient (Wildman–Crippen LogP) is 4.11. The number of nitrogens with zero attached hydrogens (tertiary/aromatic N) is 2. The van der Waals surface area contributed by atoms with Gasteiger partial charge >= 0.3 is 6.09 Å². The molecule has 0 saturated carbocycles. The van der Waals surface area contributed by atoms with E-state index in [1.807, 2.05) is 18.2 Å². The lowest BCUT2D eigenvalue weighted by Crippen LogP contribution is -2.40. The Morgan fingerprint density at radius 1 is 1.14 bits per heavy atom. The standard InChI is InChI=1S/C21H26N2O5/c1-21(2,3)28-20(25)22(15-19(24)17-7-5-4-6-8-17)14-13-16-9-11-18(12-10-16)23(26)27/h4-12,19,24H,13-15H2,1-3H3. The van der Waals surface area contributed by atoms with Gasteiger partial charge in [0, 0.05) is 18.7 Å². The van der Waals surface area contributed by atoms with E-state index in [0.29, 0.717) is 18.5 Å². The molecule has 2 aromatic carbocycles. The first-order valence-electron chi connectivity index (χ1n) is 9.10. The zero-order valence-corrected chi connectivity index (χ0v) is 16.4. The molecule has 0 aliphatic heterocycles. The van der Waals surface area contributed by atoms with E-state index in [1.54, 1.807) is 45.0 Å². The first-order valence-corrected chi connectivity index (χ1v) is 9.10. The van der Waals surface area contributed by atoms with Crippen molar-refractivity contribution in [2.45, 2.75) is 38.9 Å². The molecule has 150 valence electrons. The SMILES string of the molecule is CC(C)(C)OC(=O)N(CCc1ccc([N+](=O)[O-])cc1)CC(O)c1ccccc1. The van der Waals surface area contributed by atoms with Crippen LogP contribution in [0.5, 0.6) is 0 Å². The number of nitro benzene ring substituents is 1. The van der Waals surface area contributed by atoms with Crippen molar-refractivity contribution in [3.8, 4) is 0 Å². The lowest BCUT2D eigenvalue weighted by molar-refractivity contribution is -0.384. The Bertz CT molecular complexity index is 785. The molecule has 1 atom stereocenters. The van der Waals surface area contributed by atoms with Crippen LogP contribution in [0.4, 0.5) is 10.5 Å². The molecule has 7 nitrogen and oxygen atoms in total. The highest BCUT2D eigenvalue weighted by Gasteiger charge is 2.24. The van der Waals surface area contributed by atoms with E-state index in [2.05, 4.69) is 0 Å². The molecule has 1 N–H and O–H groups in total. The summed E-state index contributed by atoms with van der Waals surface area (Å²) < 4.78 is 5.46. The number of aliphatic hydroxyl groups is 1. The third-order valence-corrected chi connectivity index (χ3v) is 4.05.